The Morgan fingerprint density at radius 1 is 1.27 bits per heavy atom. The van der Waals surface area contributed by atoms with E-state index in [1.807, 2.05) is 54.1 Å². The van der Waals surface area contributed by atoms with Crippen LogP contribution in [0.15, 0.2) is 48.7 Å². The summed E-state index contributed by atoms with van der Waals surface area (Å²) >= 11 is 0. The second-order valence-corrected chi connectivity index (χ2v) is 5.02. The molecule has 1 N–H and O–H groups in total. The summed E-state index contributed by atoms with van der Waals surface area (Å²) < 4.78 is 7.10. The zero-order valence-electron chi connectivity index (χ0n) is 12.5. The van der Waals surface area contributed by atoms with Gasteiger partial charge in [-0.2, -0.15) is 0 Å². The number of hydrogen-bond donors (Lipinski definition) is 1. The molecular formula is C17H17N3O2. The lowest BCUT2D eigenvalue weighted by Gasteiger charge is -2.06. The van der Waals surface area contributed by atoms with Crippen molar-refractivity contribution in [2.45, 2.75) is 6.54 Å². The monoisotopic (exact) mass is 295 g/mol. The van der Waals surface area contributed by atoms with Crippen LogP contribution in [-0.4, -0.2) is 22.6 Å². The Morgan fingerprint density at radius 3 is 2.86 bits per heavy atom. The van der Waals surface area contributed by atoms with Crippen LogP contribution in [0, 0.1) is 0 Å². The van der Waals surface area contributed by atoms with Crippen LogP contribution < -0.4 is 10.1 Å². The molecule has 5 nitrogen and oxygen atoms in total. The van der Waals surface area contributed by atoms with Crippen LogP contribution in [0.2, 0.25) is 0 Å². The molecule has 0 atom stereocenters. The average Bonchev–Trinajstić information content (AvgIpc) is 2.90. The van der Waals surface area contributed by atoms with Crippen LogP contribution in [0.25, 0.3) is 10.9 Å². The van der Waals surface area contributed by atoms with Gasteiger partial charge < -0.3 is 14.6 Å². The first kappa shape index (κ1) is 14.1. The number of nitrogens with one attached hydrogen (secondary N) is 1. The highest BCUT2D eigenvalue weighted by Gasteiger charge is 2.13. The lowest BCUT2D eigenvalue weighted by atomic mass is 10.2. The van der Waals surface area contributed by atoms with E-state index in [2.05, 4.69) is 10.3 Å². The van der Waals surface area contributed by atoms with Crippen LogP contribution >= 0.6 is 0 Å². The van der Waals surface area contributed by atoms with Gasteiger partial charge in [-0.15, -0.1) is 0 Å². The number of aromatic nitrogens is 2. The number of fused-ring (bicyclic) bond motifs is 1. The molecule has 0 saturated heterocycles. The highest BCUT2D eigenvalue weighted by atomic mass is 16.5. The van der Waals surface area contributed by atoms with Crippen molar-refractivity contribution in [2.24, 2.45) is 7.05 Å². The molecule has 22 heavy (non-hydrogen) atoms. The zero-order chi connectivity index (χ0) is 15.5. The van der Waals surface area contributed by atoms with E-state index in [-0.39, 0.29) is 5.91 Å². The van der Waals surface area contributed by atoms with E-state index >= 15 is 0 Å². The van der Waals surface area contributed by atoms with Crippen molar-refractivity contribution in [1.82, 2.24) is 14.9 Å². The van der Waals surface area contributed by atoms with Crippen LogP contribution in [0.1, 0.15) is 16.2 Å². The van der Waals surface area contributed by atoms with E-state index in [0.29, 0.717) is 12.2 Å². The topological polar surface area (TPSA) is 56.1 Å². The van der Waals surface area contributed by atoms with E-state index in [4.69, 9.17) is 4.74 Å². The number of benzene rings is 1. The third-order valence-corrected chi connectivity index (χ3v) is 3.64. The van der Waals surface area contributed by atoms with Gasteiger partial charge in [-0.3, -0.25) is 9.78 Å². The number of rotatable bonds is 4. The first-order valence-electron chi connectivity index (χ1n) is 7.00. The van der Waals surface area contributed by atoms with Crippen LogP contribution in [-0.2, 0) is 13.6 Å². The van der Waals surface area contributed by atoms with Gasteiger partial charge in [0, 0.05) is 24.1 Å². The maximum absolute atomic E-state index is 12.4. The molecule has 0 unspecified atom stereocenters. The molecule has 2 heterocycles. The molecule has 0 bridgehead atoms. The second kappa shape index (κ2) is 5.89. The van der Waals surface area contributed by atoms with E-state index < -0.39 is 0 Å². The lowest BCUT2D eigenvalue weighted by Crippen LogP contribution is -2.25. The number of ether oxygens (including phenoxy) is 1. The van der Waals surface area contributed by atoms with Crippen molar-refractivity contribution < 1.29 is 9.53 Å². The van der Waals surface area contributed by atoms with Crippen molar-refractivity contribution >= 4 is 16.8 Å². The maximum Gasteiger partial charge on any atom is 0.268 e. The highest BCUT2D eigenvalue weighted by molar-refractivity contribution is 5.98. The van der Waals surface area contributed by atoms with Crippen molar-refractivity contribution in [2.75, 3.05) is 7.11 Å². The molecule has 0 aliphatic rings. The van der Waals surface area contributed by atoms with Crippen molar-refractivity contribution in [3.8, 4) is 5.75 Å². The number of amides is 1. The van der Waals surface area contributed by atoms with Gasteiger partial charge in [0.05, 0.1) is 19.3 Å². The van der Waals surface area contributed by atoms with Crippen LogP contribution in [0.5, 0.6) is 5.75 Å². The van der Waals surface area contributed by atoms with Crippen molar-refractivity contribution in [3.63, 3.8) is 0 Å². The molecule has 1 amide bonds. The largest absolute Gasteiger partial charge is 0.497 e. The summed E-state index contributed by atoms with van der Waals surface area (Å²) in [6.07, 6.45) is 1.71. The fourth-order valence-electron chi connectivity index (χ4n) is 2.44. The third kappa shape index (κ3) is 2.65. The Kier molecular flexibility index (Phi) is 3.78. The summed E-state index contributed by atoms with van der Waals surface area (Å²) in [6.45, 7) is 0.407. The van der Waals surface area contributed by atoms with Crippen molar-refractivity contribution in [3.05, 3.63) is 60.0 Å². The van der Waals surface area contributed by atoms with E-state index in [1.54, 1.807) is 13.3 Å². The predicted molar refractivity (Wildman–Crippen MR) is 84.9 cm³/mol. The number of carbonyl (C=O) groups excluding carboxylic acids is 1. The van der Waals surface area contributed by atoms with Gasteiger partial charge in [-0.1, -0.05) is 6.07 Å². The SMILES string of the molecule is COc1ccc2c(c1)cc(C(=O)NCc1ccccn1)n2C. The van der Waals surface area contributed by atoms with Gasteiger partial charge in [0.15, 0.2) is 0 Å². The fraction of sp³-hybridized carbons (Fsp3) is 0.176. The average molecular weight is 295 g/mol. The maximum atomic E-state index is 12.4. The number of nitrogens with zero attached hydrogens (tertiary/aromatic N) is 2. The summed E-state index contributed by atoms with van der Waals surface area (Å²) in [6, 6.07) is 13.3. The molecule has 3 aromatic rings. The lowest BCUT2D eigenvalue weighted by molar-refractivity contribution is 0.0942. The quantitative estimate of drug-likeness (QED) is 0.804. The smallest absolute Gasteiger partial charge is 0.268 e. The minimum absolute atomic E-state index is 0.122. The summed E-state index contributed by atoms with van der Waals surface area (Å²) in [7, 11) is 3.51. The van der Waals surface area contributed by atoms with E-state index in [1.165, 1.54) is 0 Å². The van der Waals surface area contributed by atoms with Crippen LogP contribution in [0.4, 0.5) is 0 Å². The number of pyridine rings is 1. The standard InChI is InChI=1S/C17H17N3O2/c1-20-15-7-6-14(22-2)9-12(15)10-16(20)17(21)19-11-13-5-3-4-8-18-13/h3-10H,11H2,1-2H3,(H,19,21). The van der Waals surface area contributed by atoms with Gasteiger partial charge in [-0.05, 0) is 36.4 Å². The van der Waals surface area contributed by atoms with Gasteiger partial charge in [0.1, 0.15) is 11.4 Å². The molecule has 0 fully saturated rings. The Labute approximate surface area is 128 Å². The molecule has 0 spiro atoms. The highest BCUT2D eigenvalue weighted by Crippen LogP contribution is 2.23. The minimum atomic E-state index is -0.122. The number of aryl methyl sites for hydroxylation is 1. The number of methoxy groups -OCH3 is 1. The van der Waals surface area contributed by atoms with Gasteiger partial charge in [0.2, 0.25) is 0 Å². The normalized spacial score (nSPS) is 10.6. The summed E-state index contributed by atoms with van der Waals surface area (Å²) in [5.41, 5.74) is 2.43. The third-order valence-electron chi connectivity index (χ3n) is 3.64. The fourth-order valence-corrected chi connectivity index (χ4v) is 2.44. The first-order chi connectivity index (χ1) is 10.7. The Hall–Kier alpha value is -2.82. The molecule has 0 aliphatic heterocycles. The Bertz CT molecular complexity index is 809. The van der Waals surface area contributed by atoms with Gasteiger partial charge in [0.25, 0.3) is 5.91 Å². The summed E-state index contributed by atoms with van der Waals surface area (Å²) in [4.78, 5) is 16.6. The molecule has 0 radical (unpaired) electrons. The second-order valence-electron chi connectivity index (χ2n) is 5.02. The summed E-state index contributed by atoms with van der Waals surface area (Å²) in [5.74, 6) is 0.655. The van der Waals surface area contributed by atoms with E-state index in [0.717, 1.165) is 22.3 Å². The summed E-state index contributed by atoms with van der Waals surface area (Å²) in [5, 5.41) is 3.87. The van der Waals surface area contributed by atoms with Gasteiger partial charge >= 0.3 is 0 Å². The predicted octanol–water partition coefficient (Wildman–Crippen LogP) is 2.51. The van der Waals surface area contributed by atoms with Crippen LogP contribution in [0.3, 0.4) is 0 Å². The molecule has 3 rings (SSSR count). The minimum Gasteiger partial charge on any atom is -0.497 e. The molecule has 1 aromatic carbocycles. The Morgan fingerprint density at radius 2 is 2.14 bits per heavy atom. The Balaban J connectivity index is 1.83. The van der Waals surface area contributed by atoms with Crippen molar-refractivity contribution in [1.29, 1.82) is 0 Å². The first-order valence-corrected chi connectivity index (χ1v) is 7.00. The number of carbonyl (C=O) groups is 1. The molecule has 112 valence electrons. The molecule has 0 saturated carbocycles. The zero-order valence-corrected chi connectivity index (χ0v) is 12.5. The molecule has 2 aromatic heterocycles. The van der Waals surface area contributed by atoms with E-state index in [9.17, 15) is 4.79 Å². The molecule has 0 aliphatic carbocycles. The molecular weight excluding hydrogens is 278 g/mol. The molecule has 5 heteroatoms. The van der Waals surface area contributed by atoms with Gasteiger partial charge in [-0.25, -0.2) is 0 Å². The number of hydrogen-bond acceptors (Lipinski definition) is 3.